The average molecular weight is 388 g/mol. The van der Waals surface area contributed by atoms with Gasteiger partial charge in [-0.25, -0.2) is 0 Å². The van der Waals surface area contributed by atoms with Gasteiger partial charge in [-0.15, -0.1) is 10.2 Å². The second kappa shape index (κ2) is 7.70. The summed E-state index contributed by atoms with van der Waals surface area (Å²) < 4.78 is 15.8. The minimum absolute atomic E-state index is 0.0390. The Bertz CT molecular complexity index is 898. The molecule has 3 aromatic heterocycles. The summed E-state index contributed by atoms with van der Waals surface area (Å²) in [5.74, 6) is 1.07. The molecule has 4 heterocycles. The molecule has 0 bridgehead atoms. The summed E-state index contributed by atoms with van der Waals surface area (Å²) >= 11 is 1.18. The van der Waals surface area contributed by atoms with Crippen molar-refractivity contribution in [2.45, 2.75) is 5.22 Å². The molecule has 1 fully saturated rings. The van der Waals surface area contributed by atoms with Crippen LogP contribution in [0.25, 0.3) is 11.7 Å². The molecule has 1 aliphatic rings. The van der Waals surface area contributed by atoms with Crippen LogP contribution in [0.1, 0.15) is 10.6 Å². The number of hydrogen-bond donors (Lipinski definition) is 0. The molecule has 2 amide bonds. The van der Waals surface area contributed by atoms with Crippen LogP contribution < -0.4 is 0 Å². The molecule has 4 rings (SSSR count). The molecule has 0 N–H and O–H groups in total. The van der Waals surface area contributed by atoms with Gasteiger partial charge in [-0.2, -0.15) is 0 Å². The largest absolute Gasteiger partial charge is 0.459 e. The van der Waals surface area contributed by atoms with Crippen LogP contribution in [0, 0.1) is 0 Å². The van der Waals surface area contributed by atoms with Crippen molar-refractivity contribution in [1.82, 2.24) is 20.0 Å². The maximum absolute atomic E-state index is 12.4. The van der Waals surface area contributed by atoms with Crippen LogP contribution >= 0.6 is 11.8 Å². The van der Waals surface area contributed by atoms with Gasteiger partial charge in [-0.3, -0.25) is 9.59 Å². The van der Waals surface area contributed by atoms with Gasteiger partial charge in [-0.05, 0) is 24.3 Å². The Morgan fingerprint density at radius 2 is 1.74 bits per heavy atom. The number of aromatic nitrogens is 2. The van der Waals surface area contributed by atoms with E-state index in [9.17, 15) is 9.59 Å². The average Bonchev–Trinajstić information content (AvgIpc) is 3.47. The third kappa shape index (κ3) is 3.90. The highest BCUT2D eigenvalue weighted by molar-refractivity contribution is 7.99. The van der Waals surface area contributed by atoms with Gasteiger partial charge in [-0.1, -0.05) is 11.8 Å². The number of furan rings is 2. The van der Waals surface area contributed by atoms with E-state index in [2.05, 4.69) is 10.2 Å². The molecule has 1 saturated heterocycles. The zero-order chi connectivity index (χ0) is 18.6. The van der Waals surface area contributed by atoms with Gasteiger partial charge in [0.25, 0.3) is 17.0 Å². The van der Waals surface area contributed by atoms with Crippen molar-refractivity contribution < 1.29 is 22.8 Å². The Balaban J connectivity index is 1.26. The Morgan fingerprint density at radius 1 is 1.00 bits per heavy atom. The van der Waals surface area contributed by atoms with E-state index < -0.39 is 0 Å². The maximum atomic E-state index is 12.4. The number of hydrogen-bond acceptors (Lipinski definition) is 8. The zero-order valence-electron chi connectivity index (χ0n) is 14.2. The second-order valence-electron chi connectivity index (χ2n) is 5.79. The SMILES string of the molecule is O=C(CSc1nnc(-c2ccco2)o1)N1CCN(C(=O)c2ccco2)CC1. The number of thioether (sulfide) groups is 1. The second-order valence-corrected chi connectivity index (χ2v) is 6.72. The first-order valence-corrected chi connectivity index (χ1v) is 9.30. The van der Waals surface area contributed by atoms with E-state index in [0.29, 0.717) is 42.9 Å². The molecule has 0 spiro atoms. The first-order chi connectivity index (χ1) is 13.2. The van der Waals surface area contributed by atoms with Gasteiger partial charge in [0, 0.05) is 26.2 Å². The zero-order valence-corrected chi connectivity index (χ0v) is 15.1. The van der Waals surface area contributed by atoms with Crippen molar-refractivity contribution in [2.24, 2.45) is 0 Å². The van der Waals surface area contributed by atoms with E-state index in [1.807, 2.05) is 0 Å². The van der Waals surface area contributed by atoms with Crippen LogP contribution in [0.3, 0.4) is 0 Å². The lowest BCUT2D eigenvalue weighted by Crippen LogP contribution is -2.51. The first-order valence-electron chi connectivity index (χ1n) is 8.31. The highest BCUT2D eigenvalue weighted by Crippen LogP contribution is 2.23. The normalized spacial score (nSPS) is 14.5. The van der Waals surface area contributed by atoms with Crippen molar-refractivity contribution in [3.63, 3.8) is 0 Å². The van der Waals surface area contributed by atoms with Crippen LogP contribution in [0.2, 0.25) is 0 Å². The summed E-state index contributed by atoms with van der Waals surface area (Å²) in [4.78, 5) is 28.0. The van der Waals surface area contributed by atoms with Crippen molar-refractivity contribution in [3.8, 4) is 11.7 Å². The fourth-order valence-corrected chi connectivity index (χ4v) is 3.36. The van der Waals surface area contributed by atoms with Gasteiger partial charge in [0.2, 0.25) is 5.91 Å². The summed E-state index contributed by atoms with van der Waals surface area (Å²) in [7, 11) is 0. The predicted octanol–water partition coefficient (Wildman–Crippen LogP) is 2.00. The summed E-state index contributed by atoms with van der Waals surface area (Å²) in [5, 5.41) is 8.11. The summed E-state index contributed by atoms with van der Waals surface area (Å²) in [6.45, 7) is 1.90. The van der Waals surface area contributed by atoms with E-state index in [0.717, 1.165) is 0 Å². The monoisotopic (exact) mass is 388 g/mol. The van der Waals surface area contributed by atoms with Crippen molar-refractivity contribution in [2.75, 3.05) is 31.9 Å². The first kappa shape index (κ1) is 17.4. The van der Waals surface area contributed by atoms with Gasteiger partial charge in [0.15, 0.2) is 11.5 Å². The molecule has 0 radical (unpaired) electrons. The van der Waals surface area contributed by atoms with E-state index in [1.165, 1.54) is 24.3 Å². The molecular weight excluding hydrogens is 372 g/mol. The third-order valence-corrected chi connectivity index (χ3v) is 4.91. The lowest BCUT2D eigenvalue weighted by Gasteiger charge is -2.34. The fourth-order valence-electron chi connectivity index (χ4n) is 2.70. The molecule has 140 valence electrons. The number of nitrogens with zero attached hydrogens (tertiary/aromatic N) is 4. The van der Waals surface area contributed by atoms with Crippen LogP contribution in [-0.2, 0) is 4.79 Å². The number of carbonyl (C=O) groups is 2. The standard InChI is InChI=1S/C17H16N4O5S/c22-14(11-27-17-19-18-15(26-17)12-3-1-9-24-12)20-5-7-21(8-6-20)16(23)13-4-2-10-25-13/h1-4,9-10H,5-8,11H2. The number of carbonyl (C=O) groups excluding carboxylic acids is 2. The highest BCUT2D eigenvalue weighted by atomic mass is 32.2. The lowest BCUT2D eigenvalue weighted by atomic mass is 10.3. The molecule has 0 unspecified atom stereocenters. The number of piperazine rings is 1. The van der Waals surface area contributed by atoms with Crippen molar-refractivity contribution >= 4 is 23.6 Å². The van der Waals surface area contributed by atoms with Crippen LogP contribution in [0.4, 0.5) is 0 Å². The van der Waals surface area contributed by atoms with Crippen LogP contribution in [0.15, 0.2) is 55.3 Å². The fraction of sp³-hybridized carbons (Fsp3) is 0.294. The quantitative estimate of drug-likeness (QED) is 0.611. The van der Waals surface area contributed by atoms with Gasteiger partial charge < -0.3 is 23.1 Å². The summed E-state index contributed by atoms with van der Waals surface area (Å²) in [5.41, 5.74) is 0. The van der Waals surface area contributed by atoms with E-state index in [-0.39, 0.29) is 23.5 Å². The minimum atomic E-state index is -0.155. The maximum Gasteiger partial charge on any atom is 0.289 e. The molecule has 0 saturated carbocycles. The topological polar surface area (TPSA) is 106 Å². The predicted molar refractivity (Wildman–Crippen MR) is 93.9 cm³/mol. The molecule has 0 atom stereocenters. The van der Waals surface area contributed by atoms with Crippen molar-refractivity contribution in [3.05, 3.63) is 42.6 Å². The molecule has 10 heteroatoms. The van der Waals surface area contributed by atoms with Crippen LogP contribution in [0.5, 0.6) is 0 Å². The Morgan fingerprint density at radius 3 is 2.44 bits per heavy atom. The third-order valence-electron chi connectivity index (χ3n) is 4.11. The number of amides is 2. The van der Waals surface area contributed by atoms with Gasteiger partial charge >= 0.3 is 0 Å². The Labute approximate surface area is 158 Å². The number of rotatable bonds is 5. The molecule has 1 aliphatic heterocycles. The molecule has 9 nitrogen and oxygen atoms in total. The Kier molecular flexibility index (Phi) is 4.97. The molecule has 0 aromatic carbocycles. The summed E-state index contributed by atoms with van der Waals surface area (Å²) in [6, 6.07) is 6.76. The van der Waals surface area contributed by atoms with E-state index in [1.54, 1.807) is 34.1 Å². The molecular formula is C17H16N4O5S. The molecule has 0 aliphatic carbocycles. The van der Waals surface area contributed by atoms with E-state index in [4.69, 9.17) is 13.3 Å². The van der Waals surface area contributed by atoms with Crippen LogP contribution in [-0.4, -0.2) is 63.7 Å². The minimum Gasteiger partial charge on any atom is -0.459 e. The lowest BCUT2D eigenvalue weighted by molar-refractivity contribution is -0.129. The Hall–Kier alpha value is -3.01. The van der Waals surface area contributed by atoms with Gasteiger partial charge in [0.1, 0.15) is 0 Å². The van der Waals surface area contributed by atoms with E-state index >= 15 is 0 Å². The highest BCUT2D eigenvalue weighted by Gasteiger charge is 2.26. The summed E-state index contributed by atoms with van der Waals surface area (Å²) in [6.07, 6.45) is 2.99. The molecule has 3 aromatic rings. The van der Waals surface area contributed by atoms with Crippen molar-refractivity contribution in [1.29, 1.82) is 0 Å². The van der Waals surface area contributed by atoms with Gasteiger partial charge in [0.05, 0.1) is 18.3 Å². The smallest absolute Gasteiger partial charge is 0.289 e. The molecule has 27 heavy (non-hydrogen) atoms.